The second-order valence-corrected chi connectivity index (χ2v) is 6.44. The second kappa shape index (κ2) is 9.34. The summed E-state index contributed by atoms with van der Waals surface area (Å²) in [6, 6.07) is 16.2. The molecule has 7 heteroatoms. The summed E-state index contributed by atoms with van der Waals surface area (Å²) in [5.41, 5.74) is 2.63. The number of hydrogen-bond acceptors (Lipinski definition) is 5. The Morgan fingerprint density at radius 2 is 1.79 bits per heavy atom. The van der Waals surface area contributed by atoms with Gasteiger partial charge in [-0.2, -0.15) is 0 Å². The number of fused-ring (bicyclic) bond motifs is 1. The zero-order chi connectivity index (χ0) is 19.9. The minimum atomic E-state index is -0.715. The molecule has 1 N–H and O–H groups in total. The first-order chi connectivity index (χ1) is 13.6. The van der Waals surface area contributed by atoms with Crippen LogP contribution in [0.5, 0.6) is 0 Å². The molecule has 1 aliphatic rings. The van der Waals surface area contributed by atoms with Crippen molar-refractivity contribution in [1.82, 2.24) is 5.32 Å². The lowest BCUT2D eigenvalue weighted by molar-refractivity contribution is -0.125. The summed E-state index contributed by atoms with van der Waals surface area (Å²) in [6.45, 7) is 0.364. The molecular formula is C21H24N2O5. The number of benzene rings is 2. The van der Waals surface area contributed by atoms with Gasteiger partial charge in [0.1, 0.15) is 12.6 Å². The van der Waals surface area contributed by atoms with Gasteiger partial charge >= 0.3 is 6.09 Å². The van der Waals surface area contributed by atoms with Crippen LogP contribution in [-0.2, 0) is 32.0 Å². The Kier molecular flexibility index (Phi) is 6.62. The predicted molar refractivity (Wildman–Crippen MR) is 104 cm³/mol. The van der Waals surface area contributed by atoms with E-state index in [-0.39, 0.29) is 19.1 Å². The van der Waals surface area contributed by atoms with E-state index in [0.717, 1.165) is 16.8 Å². The summed E-state index contributed by atoms with van der Waals surface area (Å²) < 4.78 is 15.7. The van der Waals surface area contributed by atoms with Crippen LogP contribution in [0.25, 0.3) is 0 Å². The Morgan fingerprint density at radius 3 is 2.50 bits per heavy atom. The third-order valence-electron chi connectivity index (χ3n) is 4.63. The molecule has 0 bridgehead atoms. The number of carbonyl (C=O) groups excluding carboxylic acids is 2. The summed E-state index contributed by atoms with van der Waals surface area (Å²) in [4.78, 5) is 26.8. The fraction of sp³-hybridized carbons (Fsp3) is 0.333. The molecule has 0 aromatic heterocycles. The number of methoxy groups -OCH3 is 2. The number of carbonyl (C=O) groups is 2. The van der Waals surface area contributed by atoms with Crippen LogP contribution >= 0.6 is 0 Å². The van der Waals surface area contributed by atoms with E-state index in [4.69, 9.17) is 14.2 Å². The van der Waals surface area contributed by atoms with Crippen molar-refractivity contribution in [2.75, 3.05) is 25.7 Å². The molecule has 2 aromatic rings. The molecule has 0 spiro atoms. The SMILES string of the molecule is COC(CN1C(=O)[C@@H](NC(=O)OCc2ccccc2)Cc2ccccc21)OC. The normalized spacial score (nSPS) is 16.0. The number of nitrogens with one attached hydrogen (secondary N) is 1. The number of hydrogen-bond donors (Lipinski definition) is 1. The average Bonchev–Trinajstić information content (AvgIpc) is 2.73. The van der Waals surface area contributed by atoms with Crippen LogP contribution in [0.15, 0.2) is 54.6 Å². The average molecular weight is 384 g/mol. The maximum absolute atomic E-state index is 13.0. The Balaban J connectivity index is 1.69. The molecule has 0 saturated heterocycles. The molecule has 2 aromatic carbocycles. The predicted octanol–water partition coefficient (Wildman–Crippen LogP) is 2.49. The maximum Gasteiger partial charge on any atom is 0.408 e. The minimum absolute atomic E-state index is 0.142. The fourth-order valence-electron chi connectivity index (χ4n) is 3.16. The van der Waals surface area contributed by atoms with E-state index in [1.165, 1.54) is 14.2 Å². The summed E-state index contributed by atoms with van der Waals surface area (Å²) in [7, 11) is 3.04. The van der Waals surface area contributed by atoms with E-state index in [0.29, 0.717) is 6.42 Å². The summed E-state index contributed by atoms with van der Waals surface area (Å²) in [6.07, 6.45) is -0.798. The van der Waals surface area contributed by atoms with Gasteiger partial charge in [-0.05, 0) is 17.2 Å². The van der Waals surface area contributed by atoms with Gasteiger partial charge in [0.2, 0.25) is 5.91 Å². The van der Waals surface area contributed by atoms with E-state index >= 15 is 0 Å². The van der Waals surface area contributed by atoms with E-state index in [1.807, 2.05) is 54.6 Å². The number of nitrogens with zero attached hydrogens (tertiary/aromatic N) is 1. The molecule has 2 amide bonds. The van der Waals surface area contributed by atoms with Gasteiger partial charge in [-0.1, -0.05) is 48.5 Å². The van der Waals surface area contributed by atoms with Crippen LogP contribution < -0.4 is 10.2 Å². The van der Waals surface area contributed by atoms with E-state index < -0.39 is 18.4 Å². The first kappa shape index (κ1) is 19.9. The molecular weight excluding hydrogens is 360 g/mol. The van der Waals surface area contributed by atoms with Crippen molar-refractivity contribution in [1.29, 1.82) is 0 Å². The maximum atomic E-state index is 13.0. The first-order valence-electron chi connectivity index (χ1n) is 9.04. The Labute approximate surface area is 164 Å². The van der Waals surface area contributed by atoms with E-state index in [1.54, 1.807) is 4.90 Å². The van der Waals surface area contributed by atoms with Crippen molar-refractivity contribution in [2.45, 2.75) is 25.4 Å². The number of alkyl carbamates (subject to hydrolysis) is 1. The van der Waals surface area contributed by atoms with E-state index in [9.17, 15) is 9.59 Å². The highest BCUT2D eigenvalue weighted by molar-refractivity contribution is 6.01. The van der Waals surface area contributed by atoms with Gasteiger partial charge in [-0.15, -0.1) is 0 Å². The van der Waals surface area contributed by atoms with Crippen molar-refractivity contribution < 1.29 is 23.8 Å². The third-order valence-corrected chi connectivity index (χ3v) is 4.63. The van der Waals surface area contributed by atoms with Gasteiger partial charge in [0.05, 0.1) is 6.54 Å². The van der Waals surface area contributed by atoms with Crippen LogP contribution in [0.3, 0.4) is 0 Å². The molecule has 1 heterocycles. The zero-order valence-corrected chi connectivity index (χ0v) is 16.0. The molecule has 148 valence electrons. The molecule has 1 aliphatic heterocycles. The van der Waals surface area contributed by atoms with Crippen LogP contribution in [0, 0.1) is 0 Å². The Bertz CT molecular complexity index is 807. The molecule has 0 unspecified atom stereocenters. The zero-order valence-electron chi connectivity index (χ0n) is 16.0. The van der Waals surface area contributed by atoms with Gasteiger partial charge in [-0.3, -0.25) is 4.79 Å². The van der Waals surface area contributed by atoms with Crippen molar-refractivity contribution in [2.24, 2.45) is 0 Å². The van der Waals surface area contributed by atoms with Crippen LogP contribution in [0.4, 0.5) is 10.5 Å². The fourth-order valence-corrected chi connectivity index (χ4v) is 3.16. The van der Waals surface area contributed by atoms with Gasteiger partial charge in [0.25, 0.3) is 0 Å². The smallest absolute Gasteiger partial charge is 0.408 e. The Hall–Kier alpha value is -2.90. The number of rotatable bonds is 7. The van der Waals surface area contributed by atoms with Crippen LogP contribution in [-0.4, -0.2) is 45.1 Å². The van der Waals surface area contributed by atoms with Crippen LogP contribution in [0.1, 0.15) is 11.1 Å². The number of anilines is 1. The summed E-state index contributed by atoms with van der Waals surface area (Å²) in [5, 5.41) is 2.69. The number of ether oxygens (including phenoxy) is 3. The van der Waals surface area contributed by atoms with Crippen molar-refractivity contribution in [3.05, 3.63) is 65.7 Å². The number of amides is 2. The number of para-hydroxylation sites is 1. The summed E-state index contributed by atoms with van der Waals surface area (Å²) >= 11 is 0. The molecule has 3 rings (SSSR count). The first-order valence-corrected chi connectivity index (χ1v) is 9.04. The Morgan fingerprint density at radius 1 is 1.11 bits per heavy atom. The molecule has 0 saturated carbocycles. The monoisotopic (exact) mass is 384 g/mol. The van der Waals surface area contributed by atoms with Crippen molar-refractivity contribution in [3.63, 3.8) is 0 Å². The quantitative estimate of drug-likeness (QED) is 0.742. The lowest BCUT2D eigenvalue weighted by Gasteiger charge is -2.35. The molecule has 0 aliphatic carbocycles. The highest BCUT2D eigenvalue weighted by atomic mass is 16.7. The highest BCUT2D eigenvalue weighted by Gasteiger charge is 2.35. The topological polar surface area (TPSA) is 77.1 Å². The van der Waals surface area contributed by atoms with Crippen LogP contribution in [0.2, 0.25) is 0 Å². The second-order valence-electron chi connectivity index (χ2n) is 6.44. The van der Waals surface area contributed by atoms with Gasteiger partial charge in [-0.25, -0.2) is 4.79 Å². The van der Waals surface area contributed by atoms with Gasteiger partial charge in [0, 0.05) is 26.3 Å². The minimum Gasteiger partial charge on any atom is -0.445 e. The lowest BCUT2D eigenvalue weighted by atomic mass is 9.97. The van der Waals surface area contributed by atoms with E-state index in [2.05, 4.69) is 5.32 Å². The summed E-state index contributed by atoms with van der Waals surface area (Å²) in [5.74, 6) is -0.227. The standard InChI is InChI=1S/C21H24N2O5/c1-26-19(27-2)13-23-18-11-7-6-10-16(18)12-17(20(23)24)22-21(25)28-14-15-8-4-3-5-9-15/h3-11,17,19H,12-14H2,1-2H3,(H,22,25)/t17-/m0/s1. The molecule has 0 fully saturated rings. The van der Waals surface area contributed by atoms with Crippen molar-refractivity contribution in [3.8, 4) is 0 Å². The lowest BCUT2D eigenvalue weighted by Crippen LogP contribution is -2.54. The largest absolute Gasteiger partial charge is 0.445 e. The molecule has 7 nitrogen and oxygen atoms in total. The highest BCUT2D eigenvalue weighted by Crippen LogP contribution is 2.28. The molecule has 28 heavy (non-hydrogen) atoms. The molecule has 1 atom stereocenters. The van der Waals surface area contributed by atoms with Gasteiger partial charge in [0.15, 0.2) is 6.29 Å². The van der Waals surface area contributed by atoms with Crippen molar-refractivity contribution >= 4 is 17.7 Å². The van der Waals surface area contributed by atoms with Gasteiger partial charge < -0.3 is 24.4 Å². The molecule has 0 radical (unpaired) electrons. The third kappa shape index (κ3) is 4.68.